The highest BCUT2D eigenvalue weighted by molar-refractivity contribution is 8.25. The number of hydrogen-bond acceptors (Lipinski definition) is 9. The van der Waals surface area contributed by atoms with E-state index in [9.17, 15) is 14.0 Å². The molecule has 0 radical (unpaired) electrons. The number of thiocarbonyl (C=S) groups is 1. The molecule has 3 aliphatic rings. The highest BCUT2D eigenvalue weighted by Gasteiger charge is 2.77. The van der Waals surface area contributed by atoms with E-state index in [0.717, 1.165) is 11.8 Å². The number of likely N-dealkylation sites (tertiary alicyclic amines) is 1. The molecule has 9 nitrogen and oxygen atoms in total. The van der Waals surface area contributed by atoms with Gasteiger partial charge in [-0.3, -0.25) is 19.4 Å². The molecule has 2 spiro atoms. The van der Waals surface area contributed by atoms with Gasteiger partial charge in [-0.1, -0.05) is 24.0 Å². The van der Waals surface area contributed by atoms with Crippen molar-refractivity contribution in [2.45, 2.75) is 22.7 Å². The van der Waals surface area contributed by atoms with Crippen molar-refractivity contribution in [3.63, 3.8) is 0 Å². The molecule has 4 heterocycles. The first kappa shape index (κ1) is 26.6. The van der Waals surface area contributed by atoms with Crippen LogP contribution in [-0.2, 0) is 21.7 Å². The second kappa shape index (κ2) is 9.50. The van der Waals surface area contributed by atoms with Crippen LogP contribution in [0, 0.1) is 5.82 Å². The second-order valence-electron chi connectivity index (χ2n) is 9.82. The van der Waals surface area contributed by atoms with Crippen LogP contribution >= 0.6 is 24.0 Å². The van der Waals surface area contributed by atoms with Crippen molar-refractivity contribution in [3.8, 4) is 17.2 Å². The molecule has 40 heavy (non-hydrogen) atoms. The number of ether oxygens (including phenoxy) is 3. The summed E-state index contributed by atoms with van der Waals surface area (Å²) in [6.07, 6.45) is 1.52. The molecular weight excluding hydrogens is 557 g/mol. The fourth-order valence-electron chi connectivity index (χ4n) is 6.39. The topological polar surface area (TPSA) is 93.5 Å². The van der Waals surface area contributed by atoms with E-state index < -0.39 is 27.9 Å². The van der Waals surface area contributed by atoms with E-state index in [1.165, 1.54) is 50.7 Å². The van der Waals surface area contributed by atoms with Crippen LogP contribution in [0.2, 0.25) is 0 Å². The van der Waals surface area contributed by atoms with Gasteiger partial charge in [0.05, 0.1) is 34.1 Å². The zero-order valence-electron chi connectivity index (χ0n) is 22.1. The molecule has 2 saturated heterocycles. The van der Waals surface area contributed by atoms with Crippen molar-refractivity contribution in [2.75, 3.05) is 40.2 Å². The lowest BCUT2D eigenvalue weighted by molar-refractivity contribution is -0.138. The maximum Gasteiger partial charge on any atom is 0.251 e. The number of nitrogens with zero attached hydrogens (tertiary/aromatic N) is 2. The monoisotopic (exact) mass is 583 g/mol. The molecule has 1 aromatic heterocycles. The van der Waals surface area contributed by atoms with Crippen LogP contribution in [0.25, 0.3) is 0 Å². The first-order valence-electron chi connectivity index (χ1n) is 12.4. The van der Waals surface area contributed by atoms with Crippen molar-refractivity contribution < 1.29 is 32.6 Å². The second-order valence-corrected chi connectivity index (χ2v) is 11.7. The summed E-state index contributed by atoms with van der Waals surface area (Å²) < 4.78 is 35.9. The fourth-order valence-corrected chi connectivity index (χ4v) is 8.52. The summed E-state index contributed by atoms with van der Waals surface area (Å²) >= 11 is 6.95. The number of carbonyl (C=O) groups is 2. The van der Waals surface area contributed by atoms with E-state index in [0.29, 0.717) is 44.1 Å². The summed E-state index contributed by atoms with van der Waals surface area (Å²) in [5, 5.41) is 2.91. The normalized spacial score (nSPS) is 25.7. The van der Waals surface area contributed by atoms with Crippen LogP contribution in [0.4, 0.5) is 10.1 Å². The number of carbonyl (C=O) groups excluding carboxylic acids is 2. The number of methoxy groups -OCH3 is 3. The number of furan rings is 1. The van der Waals surface area contributed by atoms with Gasteiger partial charge in [-0.25, -0.2) is 4.39 Å². The summed E-state index contributed by atoms with van der Waals surface area (Å²) in [4.78, 5) is 32.3. The van der Waals surface area contributed by atoms with Crippen LogP contribution in [0.3, 0.4) is 0 Å². The van der Waals surface area contributed by atoms with Gasteiger partial charge in [0.2, 0.25) is 11.7 Å². The van der Waals surface area contributed by atoms with Gasteiger partial charge in [0.15, 0.2) is 17.0 Å². The molecule has 6 rings (SSSR count). The summed E-state index contributed by atoms with van der Waals surface area (Å²) in [7, 11) is 6.30. The highest BCUT2D eigenvalue weighted by atomic mass is 32.2. The van der Waals surface area contributed by atoms with Crippen molar-refractivity contribution in [1.29, 1.82) is 0 Å². The minimum Gasteiger partial charge on any atom is -0.493 e. The average Bonchev–Trinajstić information content (AvgIpc) is 3.68. The third kappa shape index (κ3) is 3.39. The van der Waals surface area contributed by atoms with E-state index in [1.807, 2.05) is 4.90 Å². The third-order valence-corrected chi connectivity index (χ3v) is 9.96. The Kier molecular flexibility index (Phi) is 6.32. The lowest BCUT2D eigenvalue weighted by Crippen LogP contribution is -2.61. The number of benzene rings is 2. The van der Waals surface area contributed by atoms with Gasteiger partial charge in [0.1, 0.15) is 20.6 Å². The Morgan fingerprint density at radius 2 is 1.85 bits per heavy atom. The number of fused-ring (bicyclic) bond motifs is 3. The van der Waals surface area contributed by atoms with Crippen LogP contribution < -0.4 is 19.5 Å². The zero-order chi connectivity index (χ0) is 28.4. The minimum absolute atomic E-state index is 0.0960. The van der Waals surface area contributed by atoms with Gasteiger partial charge < -0.3 is 23.9 Å². The van der Waals surface area contributed by atoms with Crippen molar-refractivity contribution in [1.82, 2.24) is 9.80 Å². The molecule has 3 aromatic rings. The van der Waals surface area contributed by atoms with Crippen molar-refractivity contribution in [3.05, 3.63) is 71.4 Å². The maximum absolute atomic E-state index is 14.8. The predicted molar refractivity (Wildman–Crippen MR) is 150 cm³/mol. The number of likely N-dealkylation sites (N-methyl/N-ethyl adjacent to an activating group) is 1. The summed E-state index contributed by atoms with van der Waals surface area (Å²) in [6, 6.07) is 11.2. The molecule has 1 N–H and O–H groups in total. The highest BCUT2D eigenvalue weighted by Crippen LogP contribution is 2.66. The van der Waals surface area contributed by atoms with Gasteiger partial charge in [-0.15, -0.1) is 0 Å². The number of thioether (sulfide) groups is 1. The molecule has 2 fully saturated rings. The molecule has 0 saturated carbocycles. The first-order chi connectivity index (χ1) is 19.2. The molecule has 0 bridgehead atoms. The number of halogens is 1. The predicted octanol–water partition coefficient (Wildman–Crippen LogP) is 4.12. The van der Waals surface area contributed by atoms with E-state index in [4.69, 9.17) is 30.8 Å². The van der Waals surface area contributed by atoms with Gasteiger partial charge in [-0.2, -0.15) is 0 Å². The fraction of sp³-hybridized carbons (Fsp3) is 0.321. The van der Waals surface area contributed by atoms with Gasteiger partial charge in [0, 0.05) is 23.7 Å². The summed E-state index contributed by atoms with van der Waals surface area (Å²) in [5.41, 5.74) is -0.0519. The lowest BCUT2D eigenvalue weighted by atomic mass is 9.72. The SMILES string of the molecule is COc1cc(C2CN(C)C3(C(=O)Nc4ccc(F)cc43)C23SC(=S)N(Cc2ccco2)C3=O)cc(OC)c1OC. The third-order valence-electron chi connectivity index (χ3n) is 8.02. The van der Waals surface area contributed by atoms with E-state index in [-0.39, 0.29) is 19.0 Å². The number of anilines is 1. The molecule has 3 atom stereocenters. The molecular formula is C28H26FN3O6S2. The average molecular weight is 584 g/mol. The van der Waals surface area contributed by atoms with Gasteiger partial charge >= 0.3 is 0 Å². The Bertz CT molecular complexity index is 1520. The molecule has 2 amide bonds. The Hall–Kier alpha value is -3.61. The molecule has 208 valence electrons. The Labute approximate surface area is 239 Å². The number of amides is 2. The van der Waals surface area contributed by atoms with Crippen molar-refractivity contribution in [2.24, 2.45) is 0 Å². The smallest absolute Gasteiger partial charge is 0.251 e. The Balaban J connectivity index is 1.61. The summed E-state index contributed by atoms with van der Waals surface area (Å²) in [6.45, 7) is 0.372. The molecule has 12 heteroatoms. The molecule has 2 aromatic carbocycles. The minimum atomic E-state index is -1.57. The largest absolute Gasteiger partial charge is 0.493 e. The number of hydrogen-bond donors (Lipinski definition) is 1. The van der Waals surface area contributed by atoms with Gasteiger partial charge in [-0.05, 0) is 55.1 Å². The van der Waals surface area contributed by atoms with Gasteiger partial charge in [0.25, 0.3) is 5.91 Å². The van der Waals surface area contributed by atoms with Crippen LogP contribution in [-0.4, -0.2) is 65.6 Å². The first-order valence-corrected chi connectivity index (χ1v) is 13.6. The molecule has 0 aliphatic carbocycles. The molecule has 3 aliphatic heterocycles. The number of rotatable bonds is 6. The Morgan fingerprint density at radius 3 is 2.48 bits per heavy atom. The molecule has 3 unspecified atom stereocenters. The van der Waals surface area contributed by atoms with E-state index in [1.54, 1.807) is 31.3 Å². The summed E-state index contributed by atoms with van der Waals surface area (Å²) in [5.74, 6) is -0.145. The van der Waals surface area contributed by atoms with Crippen LogP contribution in [0.15, 0.2) is 53.1 Å². The van der Waals surface area contributed by atoms with Crippen molar-refractivity contribution >= 4 is 45.8 Å². The standard InChI is InChI=1S/C28H26FN3O6S2/c1-31-14-19(15-10-21(35-2)23(37-4)22(11-15)36-3)28(25(34)32(26(39)40-28)13-17-6-5-9-38-17)27(31)18-12-16(29)7-8-20(18)30-24(27)33/h5-12,19H,13-14H2,1-4H3,(H,30,33). The Morgan fingerprint density at radius 1 is 1.12 bits per heavy atom. The van der Waals surface area contributed by atoms with Crippen LogP contribution in [0.5, 0.6) is 17.2 Å². The van der Waals surface area contributed by atoms with E-state index in [2.05, 4.69) is 5.32 Å². The quantitative estimate of drug-likeness (QED) is 0.430. The van der Waals surface area contributed by atoms with Crippen LogP contribution in [0.1, 0.15) is 22.8 Å². The number of nitrogens with one attached hydrogen (secondary N) is 1. The zero-order valence-corrected chi connectivity index (χ0v) is 23.8. The van der Waals surface area contributed by atoms with E-state index >= 15 is 0 Å². The maximum atomic E-state index is 14.8. The lowest BCUT2D eigenvalue weighted by Gasteiger charge is -2.41.